The van der Waals surface area contributed by atoms with E-state index in [-0.39, 0.29) is 5.60 Å². The highest BCUT2D eigenvalue weighted by molar-refractivity contribution is 5.04. The lowest BCUT2D eigenvalue weighted by molar-refractivity contribution is -0.0527. The number of hydrogen-bond acceptors (Lipinski definition) is 5. The molecule has 1 aromatic heterocycles. The molecule has 120 valence electrons. The van der Waals surface area contributed by atoms with Gasteiger partial charge in [0.2, 0.25) is 11.7 Å². The smallest absolute Gasteiger partial charge is 0.228 e. The lowest BCUT2D eigenvalue weighted by atomic mass is 9.84. The molecule has 0 spiro atoms. The molecule has 1 fully saturated rings. The van der Waals surface area contributed by atoms with Crippen LogP contribution in [0.5, 0.6) is 0 Å². The maximum absolute atomic E-state index is 5.77. The summed E-state index contributed by atoms with van der Waals surface area (Å²) in [7, 11) is 3.75. The Hall–Kier alpha value is -0.940. The number of ether oxygens (including phenoxy) is 1. The second-order valence-corrected chi connectivity index (χ2v) is 6.59. The van der Waals surface area contributed by atoms with Crippen LogP contribution in [0.3, 0.4) is 0 Å². The molecule has 0 radical (unpaired) electrons. The summed E-state index contributed by atoms with van der Waals surface area (Å²) in [6.45, 7) is 4.46. The Morgan fingerprint density at radius 1 is 1.29 bits per heavy atom. The van der Waals surface area contributed by atoms with Crippen LogP contribution < -0.4 is 5.32 Å². The summed E-state index contributed by atoms with van der Waals surface area (Å²) in [5.74, 6) is 2.10. The van der Waals surface area contributed by atoms with E-state index >= 15 is 0 Å². The molecule has 1 aliphatic carbocycles. The van der Waals surface area contributed by atoms with Crippen molar-refractivity contribution in [2.24, 2.45) is 5.92 Å². The molecule has 0 amide bonds. The van der Waals surface area contributed by atoms with Crippen LogP contribution in [-0.2, 0) is 16.8 Å². The average Bonchev–Trinajstić information content (AvgIpc) is 2.96. The Labute approximate surface area is 127 Å². The first-order valence-electron chi connectivity index (χ1n) is 8.15. The van der Waals surface area contributed by atoms with Crippen molar-refractivity contribution in [3.8, 4) is 0 Å². The van der Waals surface area contributed by atoms with Crippen molar-refractivity contribution >= 4 is 0 Å². The molecule has 1 aliphatic rings. The van der Waals surface area contributed by atoms with Crippen molar-refractivity contribution < 1.29 is 9.26 Å². The third-order valence-corrected chi connectivity index (χ3v) is 4.51. The second kappa shape index (κ2) is 7.36. The molecule has 5 heteroatoms. The van der Waals surface area contributed by atoms with Crippen LogP contribution in [0.15, 0.2) is 4.52 Å². The molecular formula is C16H29N3O2. The maximum Gasteiger partial charge on any atom is 0.228 e. The lowest BCUT2D eigenvalue weighted by Crippen LogP contribution is -2.32. The van der Waals surface area contributed by atoms with Crippen molar-refractivity contribution in [2.45, 2.75) is 70.4 Å². The van der Waals surface area contributed by atoms with Gasteiger partial charge in [0.25, 0.3) is 0 Å². The first-order chi connectivity index (χ1) is 10.1. The molecule has 0 aliphatic heterocycles. The van der Waals surface area contributed by atoms with E-state index in [2.05, 4.69) is 29.3 Å². The lowest BCUT2D eigenvalue weighted by Gasteiger charge is -2.32. The van der Waals surface area contributed by atoms with Crippen LogP contribution in [0.2, 0.25) is 0 Å². The van der Waals surface area contributed by atoms with E-state index in [0.717, 1.165) is 31.5 Å². The minimum Gasteiger partial charge on any atom is -0.370 e. The summed E-state index contributed by atoms with van der Waals surface area (Å²) in [4.78, 5) is 4.63. The number of rotatable bonds is 7. The molecule has 0 bridgehead atoms. The second-order valence-electron chi connectivity index (χ2n) is 6.59. The fourth-order valence-electron chi connectivity index (χ4n) is 3.25. The monoisotopic (exact) mass is 295 g/mol. The minimum atomic E-state index is -0.326. The summed E-state index contributed by atoms with van der Waals surface area (Å²) in [5.41, 5.74) is -0.326. The van der Waals surface area contributed by atoms with Crippen LogP contribution in [0.1, 0.15) is 64.1 Å². The van der Waals surface area contributed by atoms with Crippen LogP contribution in [0.4, 0.5) is 0 Å². The average molecular weight is 295 g/mol. The van der Waals surface area contributed by atoms with Crippen LogP contribution in [-0.4, -0.2) is 30.3 Å². The van der Waals surface area contributed by atoms with Crippen molar-refractivity contribution in [1.29, 1.82) is 0 Å². The zero-order valence-corrected chi connectivity index (χ0v) is 13.8. The van der Waals surface area contributed by atoms with Gasteiger partial charge in [-0.05, 0) is 32.2 Å². The van der Waals surface area contributed by atoms with E-state index in [1.54, 1.807) is 7.11 Å². The van der Waals surface area contributed by atoms with E-state index in [1.165, 1.54) is 19.3 Å². The number of aromatic nitrogens is 2. The van der Waals surface area contributed by atoms with Gasteiger partial charge in [0, 0.05) is 19.6 Å². The Bertz CT molecular complexity index is 425. The molecule has 1 atom stereocenters. The van der Waals surface area contributed by atoms with Gasteiger partial charge < -0.3 is 14.6 Å². The largest absolute Gasteiger partial charge is 0.370 e. The number of hydrogen-bond donors (Lipinski definition) is 1. The molecule has 1 heterocycles. The molecule has 0 aromatic carbocycles. The molecule has 1 saturated carbocycles. The van der Waals surface area contributed by atoms with Crippen LogP contribution >= 0.6 is 0 Å². The van der Waals surface area contributed by atoms with Gasteiger partial charge >= 0.3 is 0 Å². The van der Waals surface area contributed by atoms with Gasteiger partial charge in [0.15, 0.2) is 0 Å². The summed E-state index contributed by atoms with van der Waals surface area (Å²) < 4.78 is 11.3. The molecular weight excluding hydrogens is 266 g/mol. The fourth-order valence-corrected chi connectivity index (χ4v) is 3.25. The van der Waals surface area contributed by atoms with Crippen molar-refractivity contribution in [3.63, 3.8) is 0 Å². The van der Waals surface area contributed by atoms with Gasteiger partial charge in [-0.15, -0.1) is 0 Å². The van der Waals surface area contributed by atoms with Gasteiger partial charge in [-0.3, -0.25) is 0 Å². The fraction of sp³-hybridized carbons (Fsp3) is 0.875. The highest BCUT2D eigenvalue weighted by atomic mass is 16.5. The summed E-state index contributed by atoms with van der Waals surface area (Å²) >= 11 is 0. The summed E-state index contributed by atoms with van der Waals surface area (Å²) in [6, 6.07) is 0.378. The maximum atomic E-state index is 5.77. The van der Waals surface area contributed by atoms with E-state index in [1.807, 2.05) is 7.05 Å². The minimum absolute atomic E-state index is 0.326. The standard InChI is InChI=1S/C16H29N3O2/c1-12(2)10-13(17-3)11-14-18-15(19-21-14)16(20-4)8-6-5-7-9-16/h12-13,17H,5-11H2,1-4H3. The first-order valence-corrected chi connectivity index (χ1v) is 8.15. The zero-order chi connectivity index (χ0) is 15.3. The molecule has 2 rings (SSSR count). The molecule has 5 nitrogen and oxygen atoms in total. The zero-order valence-electron chi connectivity index (χ0n) is 13.8. The van der Waals surface area contributed by atoms with Gasteiger partial charge in [0.1, 0.15) is 5.60 Å². The highest BCUT2D eigenvalue weighted by Gasteiger charge is 2.38. The molecule has 1 unspecified atom stereocenters. The number of nitrogens with zero attached hydrogens (tertiary/aromatic N) is 2. The number of likely N-dealkylation sites (N-methyl/N-ethyl adjacent to an activating group) is 1. The van der Waals surface area contributed by atoms with E-state index in [4.69, 9.17) is 9.26 Å². The van der Waals surface area contributed by atoms with E-state index in [0.29, 0.717) is 17.9 Å². The van der Waals surface area contributed by atoms with Gasteiger partial charge in [-0.25, -0.2) is 0 Å². The molecule has 0 saturated heterocycles. The Morgan fingerprint density at radius 2 is 2.00 bits per heavy atom. The predicted octanol–water partition coefficient (Wildman–Crippen LogP) is 3.05. The van der Waals surface area contributed by atoms with Gasteiger partial charge in [0.05, 0.1) is 0 Å². The van der Waals surface area contributed by atoms with Crippen molar-refractivity contribution in [3.05, 3.63) is 11.7 Å². The SMILES string of the molecule is CNC(Cc1nc(C2(OC)CCCCC2)no1)CC(C)C. The molecule has 1 aromatic rings. The number of nitrogens with one attached hydrogen (secondary N) is 1. The Morgan fingerprint density at radius 3 is 2.57 bits per heavy atom. The molecule has 1 N–H and O–H groups in total. The normalized spacial score (nSPS) is 19.9. The predicted molar refractivity (Wildman–Crippen MR) is 82.1 cm³/mol. The summed E-state index contributed by atoms with van der Waals surface area (Å²) in [5, 5.41) is 7.55. The summed E-state index contributed by atoms with van der Waals surface area (Å²) in [6.07, 6.45) is 7.47. The van der Waals surface area contributed by atoms with Gasteiger partial charge in [-0.1, -0.05) is 38.3 Å². The van der Waals surface area contributed by atoms with Crippen molar-refractivity contribution in [2.75, 3.05) is 14.2 Å². The topological polar surface area (TPSA) is 60.2 Å². The van der Waals surface area contributed by atoms with Crippen LogP contribution in [0, 0.1) is 5.92 Å². The van der Waals surface area contributed by atoms with Crippen molar-refractivity contribution in [1.82, 2.24) is 15.5 Å². The quantitative estimate of drug-likeness (QED) is 0.837. The van der Waals surface area contributed by atoms with Crippen LogP contribution in [0.25, 0.3) is 0 Å². The van der Waals surface area contributed by atoms with E-state index < -0.39 is 0 Å². The Balaban J connectivity index is 2.06. The highest BCUT2D eigenvalue weighted by Crippen LogP contribution is 2.38. The Kier molecular flexibility index (Phi) is 5.76. The molecule has 21 heavy (non-hydrogen) atoms. The number of methoxy groups -OCH3 is 1. The third kappa shape index (κ3) is 4.04. The third-order valence-electron chi connectivity index (χ3n) is 4.51. The van der Waals surface area contributed by atoms with E-state index in [9.17, 15) is 0 Å². The van der Waals surface area contributed by atoms with Gasteiger partial charge in [-0.2, -0.15) is 4.98 Å². The first kappa shape index (κ1) is 16.4.